The molecule has 0 aliphatic carbocycles. The van der Waals surface area contributed by atoms with E-state index >= 15 is 0 Å². The summed E-state index contributed by atoms with van der Waals surface area (Å²) in [6.45, 7) is 0.304. The van der Waals surface area contributed by atoms with Gasteiger partial charge in [-0.2, -0.15) is 0 Å². The minimum Gasteiger partial charge on any atom is -0.355 e. The largest absolute Gasteiger partial charge is 0.355 e. The minimum atomic E-state index is -0.165. The average molecular weight is 317 g/mol. The molecule has 0 atom stereocenters. The third kappa shape index (κ3) is 5.58. The summed E-state index contributed by atoms with van der Waals surface area (Å²) >= 11 is 5.84. The van der Waals surface area contributed by atoms with Gasteiger partial charge in [-0.3, -0.25) is 9.59 Å². The zero-order chi connectivity index (χ0) is 15.8. The maximum absolute atomic E-state index is 11.8. The molecule has 0 unspecified atom stereocenters. The molecule has 0 saturated heterocycles. The topological polar surface area (TPSA) is 58.2 Å². The van der Waals surface area contributed by atoms with E-state index in [4.69, 9.17) is 11.6 Å². The van der Waals surface area contributed by atoms with Crippen LogP contribution in [0.15, 0.2) is 54.6 Å². The Morgan fingerprint density at radius 1 is 0.955 bits per heavy atom. The zero-order valence-electron chi connectivity index (χ0n) is 12.0. The number of benzene rings is 2. The molecule has 5 heteroatoms. The Bertz CT molecular complexity index is 644. The summed E-state index contributed by atoms with van der Waals surface area (Å²) in [5.74, 6) is -0.260. The van der Waals surface area contributed by atoms with Gasteiger partial charge < -0.3 is 10.6 Å². The first-order valence-electron chi connectivity index (χ1n) is 6.99. The van der Waals surface area contributed by atoms with Crippen LogP contribution in [0.4, 0.5) is 5.69 Å². The molecule has 0 bridgehead atoms. The van der Waals surface area contributed by atoms with Crippen molar-refractivity contribution in [3.63, 3.8) is 0 Å². The third-order valence-electron chi connectivity index (χ3n) is 2.99. The van der Waals surface area contributed by atoms with Crippen LogP contribution in [-0.2, 0) is 16.0 Å². The smallest absolute Gasteiger partial charge is 0.226 e. The van der Waals surface area contributed by atoms with Crippen LogP contribution in [0.1, 0.15) is 12.0 Å². The van der Waals surface area contributed by atoms with E-state index in [2.05, 4.69) is 10.6 Å². The van der Waals surface area contributed by atoms with Gasteiger partial charge in [-0.15, -0.1) is 0 Å². The predicted octanol–water partition coefficient (Wildman–Crippen LogP) is 3.03. The van der Waals surface area contributed by atoms with E-state index in [9.17, 15) is 9.59 Å². The first-order valence-corrected chi connectivity index (χ1v) is 7.37. The van der Waals surface area contributed by atoms with Gasteiger partial charge >= 0.3 is 0 Å². The highest BCUT2D eigenvalue weighted by molar-refractivity contribution is 6.30. The molecule has 0 radical (unpaired) electrons. The number of amides is 2. The van der Waals surface area contributed by atoms with Crippen LogP contribution in [0.25, 0.3) is 0 Å². The van der Waals surface area contributed by atoms with Crippen molar-refractivity contribution >= 4 is 29.1 Å². The summed E-state index contributed by atoms with van der Waals surface area (Å²) in [6.07, 6.45) is 0.532. The van der Waals surface area contributed by atoms with E-state index in [-0.39, 0.29) is 18.2 Å². The lowest BCUT2D eigenvalue weighted by Gasteiger charge is -2.07. The number of nitrogens with one attached hydrogen (secondary N) is 2. The maximum Gasteiger partial charge on any atom is 0.226 e. The van der Waals surface area contributed by atoms with E-state index in [0.29, 0.717) is 23.7 Å². The number of carbonyl (C=O) groups excluding carboxylic acids is 2. The molecule has 114 valence electrons. The van der Waals surface area contributed by atoms with Gasteiger partial charge in [-0.05, 0) is 23.8 Å². The molecule has 2 amide bonds. The van der Waals surface area contributed by atoms with Crippen LogP contribution in [0.3, 0.4) is 0 Å². The third-order valence-corrected chi connectivity index (χ3v) is 3.23. The van der Waals surface area contributed by atoms with E-state index in [0.717, 1.165) is 5.56 Å². The maximum atomic E-state index is 11.8. The second kappa shape index (κ2) is 8.20. The molecule has 22 heavy (non-hydrogen) atoms. The van der Waals surface area contributed by atoms with E-state index in [1.54, 1.807) is 24.3 Å². The van der Waals surface area contributed by atoms with Crippen molar-refractivity contribution < 1.29 is 9.59 Å². The van der Waals surface area contributed by atoms with E-state index < -0.39 is 0 Å². The lowest BCUT2D eigenvalue weighted by Crippen LogP contribution is -2.28. The molecular weight excluding hydrogens is 300 g/mol. The Morgan fingerprint density at radius 2 is 1.73 bits per heavy atom. The number of rotatable bonds is 6. The number of anilines is 1. The van der Waals surface area contributed by atoms with Gasteiger partial charge in [0.25, 0.3) is 0 Å². The van der Waals surface area contributed by atoms with Crippen molar-refractivity contribution in [2.45, 2.75) is 12.8 Å². The highest BCUT2D eigenvalue weighted by Crippen LogP contribution is 2.14. The molecular formula is C17H17ClN2O2. The average Bonchev–Trinajstić information content (AvgIpc) is 2.48. The summed E-state index contributed by atoms with van der Waals surface area (Å²) < 4.78 is 0. The number of hydrogen-bond donors (Lipinski definition) is 2. The quantitative estimate of drug-likeness (QED) is 0.860. The van der Waals surface area contributed by atoms with Crippen molar-refractivity contribution in [3.05, 3.63) is 65.2 Å². The molecule has 0 fully saturated rings. The highest BCUT2D eigenvalue weighted by Gasteiger charge is 2.06. The molecule has 0 aliphatic rings. The number of carbonyl (C=O) groups is 2. The van der Waals surface area contributed by atoms with Crippen molar-refractivity contribution in [2.24, 2.45) is 0 Å². The number of hydrogen-bond acceptors (Lipinski definition) is 2. The van der Waals surface area contributed by atoms with Crippen LogP contribution in [0.5, 0.6) is 0 Å². The Hall–Kier alpha value is -2.33. The molecule has 0 aliphatic heterocycles. The van der Waals surface area contributed by atoms with E-state index in [1.165, 1.54) is 0 Å². The van der Waals surface area contributed by atoms with Crippen molar-refractivity contribution in [1.29, 1.82) is 0 Å². The molecule has 0 spiro atoms. The standard InChI is InChI=1S/C17H17ClN2O2/c18-14-7-4-8-15(12-14)20-16(21)9-10-19-17(22)11-13-5-2-1-3-6-13/h1-8,12H,9-11H2,(H,19,22)(H,20,21). The van der Waals surface area contributed by atoms with Gasteiger partial charge in [0.05, 0.1) is 6.42 Å². The SMILES string of the molecule is O=C(Cc1ccccc1)NCCC(=O)Nc1cccc(Cl)c1. The Labute approximate surface area is 134 Å². The van der Waals surface area contributed by atoms with E-state index in [1.807, 2.05) is 30.3 Å². The van der Waals surface area contributed by atoms with Crippen LogP contribution in [0.2, 0.25) is 5.02 Å². The fourth-order valence-electron chi connectivity index (χ4n) is 1.95. The Balaban J connectivity index is 1.69. The van der Waals surface area contributed by atoms with Crippen LogP contribution >= 0.6 is 11.6 Å². The van der Waals surface area contributed by atoms with Gasteiger partial charge in [0.1, 0.15) is 0 Å². The first kappa shape index (κ1) is 16.0. The molecule has 4 nitrogen and oxygen atoms in total. The first-order chi connectivity index (χ1) is 10.6. The monoisotopic (exact) mass is 316 g/mol. The van der Waals surface area contributed by atoms with Gasteiger partial charge in [0.15, 0.2) is 0 Å². The molecule has 2 N–H and O–H groups in total. The lowest BCUT2D eigenvalue weighted by atomic mass is 10.1. The van der Waals surface area contributed by atoms with Crippen molar-refractivity contribution in [1.82, 2.24) is 5.32 Å². The molecule has 0 saturated carbocycles. The van der Waals surface area contributed by atoms with Gasteiger partial charge in [0.2, 0.25) is 11.8 Å². The van der Waals surface area contributed by atoms with Gasteiger partial charge in [0, 0.05) is 23.7 Å². The zero-order valence-corrected chi connectivity index (χ0v) is 12.8. The molecule has 2 aromatic rings. The van der Waals surface area contributed by atoms with Crippen molar-refractivity contribution in [2.75, 3.05) is 11.9 Å². The predicted molar refractivity (Wildman–Crippen MR) is 87.9 cm³/mol. The summed E-state index contributed by atoms with van der Waals surface area (Å²) in [5, 5.41) is 6.03. The van der Waals surface area contributed by atoms with Crippen LogP contribution < -0.4 is 10.6 Å². The fourth-order valence-corrected chi connectivity index (χ4v) is 2.14. The Morgan fingerprint density at radius 3 is 2.45 bits per heavy atom. The highest BCUT2D eigenvalue weighted by atomic mass is 35.5. The van der Waals surface area contributed by atoms with Crippen molar-refractivity contribution in [3.8, 4) is 0 Å². The van der Waals surface area contributed by atoms with Gasteiger partial charge in [-0.25, -0.2) is 0 Å². The van der Waals surface area contributed by atoms with Gasteiger partial charge in [-0.1, -0.05) is 48.0 Å². The summed E-state index contributed by atoms with van der Waals surface area (Å²) in [4.78, 5) is 23.5. The Kier molecular flexibility index (Phi) is 5.98. The molecule has 0 heterocycles. The van der Waals surface area contributed by atoms with Crippen LogP contribution in [-0.4, -0.2) is 18.4 Å². The fraction of sp³-hybridized carbons (Fsp3) is 0.176. The number of halogens is 1. The lowest BCUT2D eigenvalue weighted by molar-refractivity contribution is -0.120. The molecule has 0 aromatic heterocycles. The van der Waals surface area contributed by atoms with Crippen LogP contribution in [0, 0.1) is 0 Å². The normalized spacial score (nSPS) is 10.0. The second-order valence-electron chi connectivity index (χ2n) is 4.82. The summed E-state index contributed by atoms with van der Waals surface area (Å²) in [6, 6.07) is 16.4. The summed E-state index contributed by atoms with van der Waals surface area (Å²) in [7, 11) is 0. The second-order valence-corrected chi connectivity index (χ2v) is 5.26. The molecule has 2 aromatic carbocycles. The minimum absolute atomic E-state index is 0.0956. The summed E-state index contributed by atoms with van der Waals surface area (Å²) in [5.41, 5.74) is 1.59. The molecule has 2 rings (SSSR count).